The van der Waals surface area contributed by atoms with E-state index in [2.05, 4.69) is 10.6 Å². The Kier molecular flexibility index (Phi) is 5.28. The second kappa shape index (κ2) is 7.48. The molecular weight excluding hydrogens is 366 g/mol. The predicted molar refractivity (Wildman–Crippen MR) is 108 cm³/mol. The van der Waals surface area contributed by atoms with Gasteiger partial charge < -0.3 is 20.3 Å². The molecule has 2 aromatic carbocycles. The number of fused-ring (bicyclic) bond motifs is 1. The summed E-state index contributed by atoms with van der Waals surface area (Å²) >= 11 is 5.85. The lowest BCUT2D eigenvalue weighted by Gasteiger charge is -2.27. The minimum Gasteiger partial charge on any atom is -0.490 e. The van der Waals surface area contributed by atoms with Crippen LogP contribution < -0.4 is 20.3 Å². The minimum atomic E-state index is -0.616. The fourth-order valence-electron chi connectivity index (χ4n) is 2.86. The number of hydrogen-bond acceptors (Lipinski definition) is 3. The molecule has 0 aliphatic carbocycles. The van der Waals surface area contributed by atoms with Crippen molar-refractivity contribution in [3.8, 4) is 5.75 Å². The van der Waals surface area contributed by atoms with Crippen molar-refractivity contribution in [3.63, 3.8) is 0 Å². The second-order valence-corrected chi connectivity index (χ2v) is 7.43. The molecule has 1 heterocycles. The molecule has 0 saturated carbocycles. The number of nitrogens with one attached hydrogen (secondary N) is 2. The van der Waals surface area contributed by atoms with Gasteiger partial charge in [0.15, 0.2) is 0 Å². The maximum Gasteiger partial charge on any atom is 0.323 e. The molecule has 0 unspecified atom stereocenters. The average molecular weight is 388 g/mol. The molecule has 27 heavy (non-hydrogen) atoms. The van der Waals surface area contributed by atoms with Crippen molar-refractivity contribution in [3.05, 3.63) is 47.5 Å². The van der Waals surface area contributed by atoms with Crippen molar-refractivity contribution < 1.29 is 14.3 Å². The van der Waals surface area contributed by atoms with Gasteiger partial charge in [0, 0.05) is 22.9 Å². The van der Waals surface area contributed by atoms with E-state index in [1.807, 2.05) is 20.8 Å². The fourth-order valence-corrected chi connectivity index (χ4v) is 2.99. The summed E-state index contributed by atoms with van der Waals surface area (Å²) in [6, 6.07) is 11.7. The van der Waals surface area contributed by atoms with Crippen LogP contribution in [0, 0.1) is 5.41 Å². The Balaban J connectivity index is 1.80. The summed E-state index contributed by atoms with van der Waals surface area (Å²) in [7, 11) is 0. The molecular formula is C20H22ClN3O3. The standard InChI is InChI=1S/C20H22ClN3O3/c1-4-24-16-11-15(9-10-17(16)27-12-20(2,3)18(24)25)23-19(26)22-14-7-5-13(21)6-8-14/h5-11H,4,12H2,1-3H3,(H2,22,23,26). The molecule has 2 N–H and O–H groups in total. The summed E-state index contributed by atoms with van der Waals surface area (Å²) < 4.78 is 5.83. The Morgan fingerprint density at radius 1 is 1.15 bits per heavy atom. The fraction of sp³-hybridized carbons (Fsp3) is 0.300. The maximum atomic E-state index is 12.8. The van der Waals surface area contributed by atoms with E-state index in [9.17, 15) is 9.59 Å². The van der Waals surface area contributed by atoms with E-state index in [4.69, 9.17) is 16.3 Å². The van der Waals surface area contributed by atoms with Crippen LogP contribution in [0.2, 0.25) is 5.02 Å². The molecule has 0 spiro atoms. The predicted octanol–water partition coefficient (Wildman–Crippen LogP) is 4.76. The van der Waals surface area contributed by atoms with E-state index in [1.165, 1.54) is 0 Å². The highest BCUT2D eigenvalue weighted by atomic mass is 35.5. The van der Waals surface area contributed by atoms with Gasteiger partial charge in [-0.3, -0.25) is 4.79 Å². The number of nitrogens with zero attached hydrogens (tertiary/aromatic N) is 1. The van der Waals surface area contributed by atoms with E-state index in [0.29, 0.717) is 41.0 Å². The van der Waals surface area contributed by atoms with Gasteiger partial charge in [0.1, 0.15) is 12.4 Å². The molecule has 0 saturated heterocycles. The van der Waals surface area contributed by atoms with Crippen molar-refractivity contribution in [2.45, 2.75) is 20.8 Å². The zero-order valence-corrected chi connectivity index (χ0v) is 16.3. The molecule has 0 atom stereocenters. The molecule has 142 valence electrons. The van der Waals surface area contributed by atoms with E-state index in [0.717, 1.165) is 0 Å². The van der Waals surface area contributed by atoms with Crippen molar-refractivity contribution in [2.75, 3.05) is 28.7 Å². The van der Waals surface area contributed by atoms with Gasteiger partial charge in [0.25, 0.3) is 0 Å². The lowest BCUT2D eigenvalue weighted by atomic mass is 9.93. The number of hydrogen-bond donors (Lipinski definition) is 2. The number of carbonyl (C=O) groups excluding carboxylic acids is 2. The third-order valence-electron chi connectivity index (χ3n) is 4.34. The molecule has 3 rings (SSSR count). The zero-order valence-electron chi connectivity index (χ0n) is 15.5. The highest BCUT2D eigenvalue weighted by molar-refractivity contribution is 6.30. The normalized spacial score (nSPS) is 15.4. The zero-order chi connectivity index (χ0) is 19.6. The SMILES string of the molecule is CCN1C(=O)C(C)(C)COc2ccc(NC(=O)Nc3ccc(Cl)cc3)cc21. The molecule has 0 aromatic heterocycles. The largest absolute Gasteiger partial charge is 0.490 e. The Morgan fingerprint density at radius 3 is 2.44 bits per heavy atom. The lowest BCUT2D eigenvalue weighted by molar-refractivity contribution is -0.127. The van der Waals surface area contributed by atoms with Crippen LogP contribution in [-0.2, 0) is 4.79 Å². The van der Waals surface area contributed by atoms with Gasteiger partial charge in [0.2, 0.25) is 5.91 Å². The van der Waals surface area contributed by atoms with Gasteiger partial charge in [-0.25, -0.2) is 4.79 Å². The van der Waals surface area contributed by atoms with Gasteiger partial charge in [-0.05, 0) is 63.2 Å². The Morgan fingerprint density at radius 2 is 1.78 bits per heavy atom. The van der Waals surface area contributed by atoms with Crippen molar-refractivity contribution >= 4 is 40.6 Å². The quantitative estimate of drug-likeness (QED) is 0.797. The number of urea groups is 1. The average Bonchev–Trinajstić information content (AvgIpc) is 2.72. The van der Waals surface area contributed by atoms with Crippen LogP contribution >= 0.6 is 11.6 Å². The Labute approximate surface area is 163 Å². The molecule has 7 heteroatoms. The summed E-state index contributed by atoms with van der Waals surface area (Å²) in [5.74, 6) is 0.617. The third kappa shape index (κ3) is 4.17. The first kappa shape index (κ1) is 19.0. The highest BCUT2D eigenvalue weighted by Gasteiger charge is 2.37. The van der Waals surface area contributed by atoms with Crippen LogP contribution in [0.5, 0.6) is 5.75 Å². The van der Waals surface area contributed by atoms with E-state index in [-0.39, 0.29) is 11.9 Å². The topological polar surface area (TPSA) is 70.7 Å². The monoisotopic (exact) mass is 387 g/mol. The van der Waals surface area contributed by atoms with Crippen LogP contribution in [-0.4, -0.2) is 25.1 Å². The minimum absolute atomic E-state index is 0.00786. The number of halogens is 1. The number of ether oxygens (including phenoxy) is 1. The molecule has 0 fully saturated rings. The summed E-state index contributed by atoms with van der Waals surface area (Å²) in [5.41, 5.74) is 1.23. The Hall–Kier alpha value is -2.73. The van der Waals surface area contributed by atoms with Crippen LogP contribution in [0.4, 0.5) is 21.9 Å². The molecule has 0 bridgehead atoms. The Bertz CT molecular complexity index is 865. The molecule has 2 aromatic rings. The molecule has 1 aliphatic heterocycles. The van der Waals surface area contributed by atoms with Crippen LogP contribution in [0.1, 0.15) is 20.8 Å². The van der Waals surface area contributed by atoms with E-state index in [1.54, 1.807) is 47.4 Å². The number of anilines is 3. The van der Waals surface area contributed by atoms with Gasteiger partial charge >= 0.3 is 6.03 Å². The first-order chi connectivity index (χ1) is 12.8. The van der Waals surface area contributed by atoms with E-state index < -0.39 is 5.41 Å². The van der Waals surface area contributed by atoms with Crippen molar-refractivity contribution in [1.29, 1.82) is 0 Å². The summed E-state index contributed by atoms with van der Waals surface area (Å²) in [6.45, 7) is 6.46. The smallest absolute Gasteiger partial charge is 0.323 e. The molecule has 0 radical (unpaired) electrons. The van der Waals surface area contributed by atoms with Gasteiger partial charge in [-0.15, -0.1) is 0 Å². The van der Waals surface area contributed by atoms with E-state index >= 15 is 0 Å². The van der Waals surface area contributed by atoms with Crippen LogP contribution in [0.15, 0.2) is 42.5 Å². The number of rotatable bonds is 3. The van der Waals surface area contributed by atoms with Crippen LogP contribution in [0.25, 0.3) is 0 Å². The summed E-state index contributed by atoms with van der Waals surface area (Å²) in [6.07, 6.45) is 0. The second-order valence-electron chi connectivity index (χ2n) is 6.99. The van der Waals surface area contributed by atoms with Gasteiger partial charge in [-0.2, -0.15) is 0 Å². The van der Waals surface area contributed by atoms with Crippen molar-refractivity contribution in [1.82, 2.24) is 0 Å². The summed E-state index contributed by atoms with van der Waals surface area (Å²) in [4.78, 5) is 26.7. The first-order valence-corrected chi connectivity index (χ1v) is 9.10. The number of amides is 3. The highest BCUT2D eigenvalue weighted by Crippen LogP contribution is 2.38. The molecule has 3 amide bonds. The number of benzene rings is 2. The third-order valence-corrected chi connectivity index (χ3v) is 4.59. The maximum absolute atomic E-state index is 12.8. The molecule has 1 aliphatic rings. The summed E-state index contributed by atoms with van der Waals surface area (Å²) in [5, 5.41) is 6.11. The van der Waals surface area contributed by atoms with Crippen molar-refractivity contribution in [2.24, 2.45) is 5.41 Å². The lowest BCUT2D eigenvalue weighted by Crippen LogP contribution is -2.42. The number of carbonyl (C=O) groups is 2. The van der Waals surface area contributed by atoms with Gasteiger partial charge in [-0.1, -0.05) is 11.6 Å². The first-order valence-electron chi connectivity index (χ1n) is 8.72. The van der Waals surface area contributed by atoms with Crippen LogP contribution in [0.3, 0.4) is 0 Å². The van der Waals surface area contributed by atoms with Gasteiger partial charge in [0.05, 0.1) is 11.1 Å². The molecule has 6 nitrogen and oxygen atoms in total.